The molecule has 1 heterocycles. The Kier molecular flexibility index (Phi) is 5.49. The first-order chi connectivity index (χ1) is 11.4. The molecule has 0 fully saturated rings. The number of nitrogens with zero attached hydrogens (tertiary/aromatic N) is 3. The molecule has 1 amide bonds. The smallest absolute Gasteiger partial charge is 0.295 e. The quantitative estimate of drug-likeness (QED) is 0.883. The molecule has 0 aliphatic rings. The van der Waals surface area contributed by atoms with Gasteiger partial charge in [-0.3, -0.25) is 14.3 Å². The molecule has 0 aliphatic heterocycles. The first-order valence-electron chi connectivity index (χ1n) is 8.31. The maximum absolute atomic E-state index is 12.8. The lowest BCUT2D eigenvalue weighted by molar-refractivity contribution is -0.131. The third kappa shape index (κ3) is 3.22. The van der Waals surface area contributed by atoms with Gasteiger partial charge < -0.3 is 10.2 Å². The molecule has 1 unspecified atom stereocenters. The first kappa shape index (κ1) is 17.8. The summed E-state index contributed by atoms with van der Waals surface area (Å²) < 4.78 is 3.40. The van der Waals surface area contributed by atoms with E-state index < -0.39 is 6.04 Å². The van der Waals surface area contributed by atoms with E-state index in [4.69, 9.17) is 0 Å². The number of hydrogen-bond acceptors (Lipinski definition) is 3. The van der Waals surface area contributed by atoms with E-state index in [9.17, 15) is 9.59 Å². The molecule has 0 radical (unpaired) electrons. The van der Waals surface area contributed by atoms with E-state index in [1.54, 1.807) is 21.2 Å². The Hall–Kier alpha value is -2.50. The number of para-hydroxylation sites is 1. The van der Waals surface area contributed by atoms with Crippen molar-refractivity contribution < 1.29 is 4.79 Å². The van der Waals surface area contributed by atoms with Gasteiger partial charge in [0.05, 0.1) is 11.4 Å². The Balaban J connectivity index is 2.36. The average Bonchev–Trinajstić information content (AvgIpc) is 2.80. The van der Waals surface area contributed by atoms with Crippen LogP contribution in [0.3, 0.4) is 0 Å². The molecule has 130 valence electrons. The molecule has 0 spiro atoms. The predicted octanol–water partition coefficient (Wildman–Crippen LogP) is 2.15. The molecule has 0 bridgehead atoms. The number of rotatable bonds is 6. The standard InChI is InChI=1S/C18H26N4O2/c1-6-21(7-2)17(23)13(3)19-16-14(4)20(5)22(18(16)24)15-11-9-8-10-12-15/h8-13,19H,6-7H2,1-5H3. The van der Waals surface area contributed by atoms with Gasteiger partial charge in [0.2, 0.25) is 5.91 Å². The fourth-order valence-corrected chi connectivity index (χ4v) is 2.82. The summed E-state index contributed by atoms with van der Waals surface area (Å²) in [7, 11) is 1.84. The van der Waals surface area contributed by atoms with Gasteiger partial charge in [-0.05, 0) is 39.8 Å². The highest BCUT2D eigenvalue weighted by Gasteiger charge is 2.22. The lowest BCUT2D eigenvalue weighted by Crippen LogP contribution is -2.41. The third-order valence-electron chi connectivity index (χ3n) is 4.36. The highest BCUT2D eigenvalue weighted by molar-refractivity contribution is 5.84. The minimum absolute atomic E-state index is 0.00564. The maximum atomic E-state index is 12.8. The summed E-state index contributed by atoms with van der Waals surface area (Å²) in [4.78, 5) is 27.0. The van der Waals surface area contributed by atoms with Gasteiger partial charge in [0.1, 0.15) is 11.7 Å². The fraction of sp³-hybridized carbons (Fsp3) is 0.444. The Morgan fingerprint density at radius 1 is 1.21 bits per heavy atom. The van der Waals surface area contributed by atoms with Crippen molar-refractivity contribution in [3.05, 3.63) is 46.4 Å². The highest BCUT2D eigenvalue weighted by atomic mass is 16.2. The van der Waals surface area contributed by atoms with Crippen LogP contribution in [-0.4, -0.2) is 39.3 Å². The number of aromatic nitrogens is 2. The molecule has 6 heteroatoms. The number of likely N-dealkylation sites (N-methyl/N-ethyl adjacent to an activating group) is 1. The van der Waals surface area contributed by atoms with E-state index in [1.807, 2.05) is 58.2 Å². The predicted molar refractivity (Wildman–Crippen MR) is 96.8 cm³/mol. The number of benzene rings is 1. The molecule has 6 nitrogen and oxygen atoms in total. The number of hydrogen-bond donors (Lipinski definition) is 1. The second-order valence-corrected chi connectivity index (χ2v) is 5.81. The molecule has 1 N–H and O–H groups in total. The van der Waals surface area contributed by atoms with Crippen LogP contribution in [0.1, 0.15) is 26.5 Å². The van der Waals surface area contributed by atoms with E-state index in [1.165, 1.54) is 0 Å². The Labute approximate surface area is 142 Å². The minimum atomic E-state index is -0.456. The second-order valence-electron chi connectivity index (χ2n) is 5.81. The molecule has 1 aromatic heterocycles. The minimum Gasteiger partial charge on any atom is -0.368 e. The van der Waals surface area contributed by atoms with Crippen LogP contribution < -0.4 is 10.9 Å². The molecule has 2 aromatic rings. The van der Waals surface area contributed by atoms with Gasteiger partial charge in [0, 0.05) is 20.1 Å². The van der Waals surface area contributed by atoms with Crippen molar-refractivity contribution in [3.63, 3.8) is 0 Å². The number of anilines is 1. The van der Waals surface area contributed by atoms with Crippen LogP contribution in [0, 0.1) is 6.92 Å². The van der Waals surface area contributed by atoms with Crippen molar-refractivity contribution in [1.29, 1.82) is 0 Å². The van der Waals surface area contributed by atoms with Gasteiger partial charge in [-0.15, -0.1) is 0 Å². The van der Waals surface area contributed by atoms with Crippen LogP contribution in [0.25, 0.3) is 5.69 Å². The normalized spacial score (nSPS) is 12.0. The van der Waals surface area contributed by atoms with Gasteiger partial charge in [-0.1, -0.05) is 18.2 Å². The van der Waals surface area contributed by atoms with Crippen LogP contribution in [0.15, 0.2) is 35.1 Å². The molecule has 2 rings (SSSR count). The first-order valence-corrected chi connectivity index (χ1v) is 8.31. The van der Waals surface area contributed by atoms with Crippen LogP contribution in [-0.2, 0) is 11.8 Å². The number of carbonyl (C=O) groups is 1. The lowest BCUT2D eigenvalue weighted by Gasteiger charge is -2.23. The van der Waals surface area contributed by atoms with Crippen LogP contribution in [0.2, 0.25) is 0 Å². The highest BCUT2D eigenvalue weighted by Crippen LogP contribution is 2.15. The van der Waals surface area contributed by atoms with Crippen LogP contribution in [0.4, 0.5) is 5.69 Å². The number of amides is 1. The summed E-state index contributed by atoms with van der Waals surface area (Å²) in [6.07, 6.45) is 0. The SMILES string of the molecule is CCN(CC)C(=O)C(C)Nc1c(C)n(C)n(-c2ccccc2)c1=O. The zero-order valence-electron chi connectivity index (χ0n) is 15.0. The summed E-state index contributed by atoms with van der Waals surface area (Å²) in [5, 5.41) is 3.11. The Bertz CT molecular complexity index is 757. The molecule has 0 saturated heterocycles. The lowest BCUT2D eigenvalue weighted by atomic mass is 10.2. The second kappa shape index (κ2) is 7.38. The zero-order valence-corrected chi connectivity index (χ0v) is 15.0. The Morgan fingerprint density at radius 2 is 1.79 bits per heavy atom. The van der Waals surface area contributed by atoms with Crippen molar-refractivity contribution in [1.82, 2.24) is 14.3 Å². The molecular weight excluding hydrogens is 304 g/mol. The summed E-state index contributed by atoms with van der Waals surface area (Å²) in [5.74, 6) is -0.00564. The molecule has 1 atom stereocenters. The Morgan fingerprint density at radius 3 is 2.33 bits per heavy atom. The maximum Gasteiger partial charge on any atom is 0.295 e. The molecule has 0 saturated carbocycles. The molecule has 0 aliphatic carbocycles. The van der Waals surface area contributed by atoms with Crippen molar-refractivity contribution in [2.75, 3.05) is 18.4 Å². The largest absolute Gasteiger partial charge is 0.368 e. The summed E-state index contributed by atoms with van der Waals surface area (Å²) >= 11 is 0. The van der Waals surface area contributed by atoms with Gasteiger partial charge in [-0.25, -0.2) is 4.68 Å². The van der Waals surface area contributed by atoms with Crippen molar-refractivity contribution in [2.24, 2.45) is 7.05 Å². The summed E-state index contributed by atoms with van der Waals surface area (Å²) in [5.41, 5.74) is 1.90. The topological polar surface area (TPSA) is 59.3 Å². The van der Waals surface area contributed by atoms with E-state index in [-0.39, 0.29) is 11.5 Å². The van der Waals surface area contributed by atoms with Crippen molar-refractivity contribution in [3.8, 4) is 5.69 Å². The van der Waals surface area contributed by atoms with E-state index in [2.05, 4.69) is 5.32 Å². The number of carbonyl (C=O) groups excluding carboxylic acids is 1. The van der Waals surface area contributed by atoms with Gasteiger partial charge >= 0.3 is 0 Å². The van der Waals surface area contributed by atoms with Gasteiger partial charge in [-0.2, -0.15) is 0 Å². The van der Waals surface area contributed by atoms with E-state index in [0.717, 1.165) is 11.4 Å². The molecule has 24 heavy (non-hydrogen) atoms. The zero-order chi connectivity index (χ0) is 17.9. The van der Waals surface area contributed by atoms with Gasteiger partial charge in [0.25, 0.3) is 5.56 Å². The van der Waals surface area contributed by atoms with Gasteiger partial charge in [0.15, 0.2) is 0 Å². The summed E-state index contributed by atoms with van der Waals surface area (Å²) in [6.45, 7) is 8.87. The summed E-state index contributed by atoms with van der Waals surface area (Å²) in [6, 6.07) is 9.01. The average molecular weight is 330 g/mol. The van der Waals surface area contributed by atoms with Crippen LogP contribution in [0.5, 0.6) is 0 Å². The van der Waals surface area contributed by atoms with Crippen molar-refractivity contribution >= 4 is 11.6 Å². The van der Waals surface area contributed by atoms with Crippen molar-refractivity contribution in [2.45, 2.75) is 33.7 Å². The fourth-order valence-electron chi connectivity index (χ4n) is 2.82. The third-order valence-corrected chi connectivity index (χ3v) is 4.36. The number of nitrogens with one attached hydrogen (secondary N) is 1. The molecular formula is C18H26N4O2. The monoisotopic (exact) mass is 330 g/mol. The van der Waals surface area contributed by atoms with E-state index >= 15 is 0 Å². The molecule has 1 aromatic carbocycles. The van der Waals surface area contributed by atoms with E-state index in [0.29, 0.717) is 18.8 Å². The van der Waals surface area contributed by atoms with Crippen LogP contribution >= 0.6 is 0 Å².